The molecule has 0 amide bonds. The van der Waals surface area contributed by atoms with Crippen molar-refractivity contribution in [2.45, 2.75) is 45.6 Å². The largest absolute Gasteiger partial charge is 0.481 e. The molecule has 2 heterocycles. The standard InChI is InChI=1S/C18H21BrN2O3S/c1-10-6-12(21-14(19)7-10)13-8-20-16(25-13)18(24)5-4-11(15(22)23)17(2,3)9-18/h6-8,11,24H,4-5,9H2,1-3H3,(H,22,23). The van der Waals surface area contributed by atoms with E-state index in [-0.39, 0.29) is 0 Å². The molecule has 25 heavy (non-hydrogen) atoms. The molecule has 5 nitrogen and oxygen atoms in total. The van der Waals surface area contributed by atoms with Gasteiger partial charge < -0.3 is 10.2 Å². The van der Waals surface area contributed by atoms with Crippen molar-refractivity contribution >= 4 is 33.2 Å². The van der Waals surface area contributed by atoms with E-state index in [0.717, 1.165) is 20.7 Å². The lowest BCUT2D eigenvalue weighted by Crippen LogP contribution is -2.44. The molecule has 0 radical (unpaired) electrons. The van der Waals surface area contributed by atoms with Crippen LogP contribution in [-0.2, 0) is 10.4 Å². The van der Waals surface area contributed by atoms with E-state index in [1.165, 1.54) is 11.3 Å². The number of aromatic nitrogens is 2. The molecule has 134 valence electrons. The fourth-order valence-corrected chi connectivity index (χ4v) is 5.28. The number of carboxylic acids is 1. The molecule has 0 saturated heterocycles. The smallest absolute Gasteiger partial charge is 0.307 e. The maximum atomic E-state index is 11.5. The highest BCUT2D eigenvalue weighted by atomic mass is 79.9. The van der Waals surface area contributed by atoms with E-state index < -0.39 is 22.9 Å². The van der Waals surface area contributed by atoms with Crippen LogP contribution in [0, 0.1) is 18.3 Å². The molecule has 1 saturated carbocycles. The van der Waals surface area contributed by atoms with Crippen molar-refractivity contribution in [2.24, 2.45) is 11.3 Å². The molecule has 1 fully saturated rings. The molecule has 2 aromatic rings. The average Bonchev–Trinajstić information content (AvgIpc) is 2.95. The minimum atomic E-state index is -1.08. The number of carboxylic acid groups (broad SMARTS) is 1. The van der Waals surface area contributed by atoms with Crippen molar-refractivity contribution in [3.8, 4) is 10.6 Å². The monoisotopic (exact) mass is 424 g/mol. The quantitative estimate of drug-likeness (QED) is 0.714. The zero-order valence-electron chi connectivity index (χ0n) is 14.4. The molecule has 2 unspecified atom stereocenters. The lowest BCUT2D eigenvalue weighted by atomic mass is 9.63. The number of hydrogen-bond acceptors (Lipinski definition) is 5. The number of pyridine rings is 1. The van der Waals surface area contributed by atoms with Gasteiger partial charge in [0.05, 0.1) is 16.5 Å². The number of aryl methyl sites for hydroxylation is 1. The SMILES string of the molecule is Cc1cc(Br)nc(-c2cnc(C3(O)CCC(C(=O)O)C(C)(C)C3)s2)c1. The third-order valence-corrected chi connectivity index (χ3v) is 6.55. The molecule has 0 aromatic carbocycles. The molecule has 1 aliphatic carbocycles. The molecule has 0 aliphatic heterocycles. The van der Waals surface area contributed by atoms with Crippen molar-refractivity contribution in [3.63, 3.8) is 0 Å². The van der Waals surface area contributed by atoms with E-state index in [0.29, 0.717) is 24.3 Å². The van der Waals surface area contributed by atoms with Gasteiger partial charge in [-0.1, -0.05) is 13.8 Å². The number of rotatable bonds is 3. The normalized spacial score (nSPS) is 25.7. The fourth-order valence-electron chi connectivity index (χ4n) is 3.74. The number of carbonyl (C=O) groups is 1. The van der Waals surface area contributed by atoms with Gasteiger partial charge >= 0.3 is 5.97 Å². The number of hydrogen-bond donors (Lipinski definition) is 2. The lowest BCUT2D eigenvalue weighted by Gasteiger charge is -2.44. The Morgan fingerprint density at radius 2 is 2.12 bits per heavy atom. The van der Waals surface area contributed by atoms with Crippen molar-refractivity contribution in [2.75, 3.05) is 0 Å². The van der Waals surface area contributed by atoms with Gasteiger partial charge in [-0.15, -0.1) is 11.3 Å². The second-order valence-electron chi connectivity index (χ2n) is 7.51. The highest BCUT2D eigenvalue weighted by Crippen LogP contribution is 2.50. The molecule has 7 heteroatoms. The van der Waals surface area contributed by atoms with Gasteiger partial charge in [0, 0.05) is 6.20 Å². The summed E-state index contributed by atoms with van der Waals surface area (Å²) in [5, 5.41) is 21.2. The molecule has 2 aromatic heterocycles. The molecular weight excluding hydrogens is 404 g/mol. The third-order valence-electron chi connectivity index (χ3n) is 4.93. The first-order chi connectivity index (χ1) is 11.6. The Bertz CT molecular complexity index is 800. The van der Waals surface area contributed by atoms with E-state index >= 15 is 0 Å². The van der Waals surface area contributed by atoms with Gasteiger partial charge in [-0.3, -0.25) is 4.79 Å². The summed E-state index contributed by atoms with van der Waals surface area (Å²) in [5.41, 5.74) is 0.334. The van der Waals surface area contributed by atoms with Gasteiger partial charge in [0.1, 0.15) is 15.2 Å². The summed E-state index contributed by atoms with van der Waals surface area (Å²) in [5.74, 6) is -1.23. The summed E-state index contributed by atoms with van der Waals surface area (Å²) in [7, 11) is 0. The van der Waals surface area contributed by atoms with Crippen molar-refractivity contribution < 1.29 is 15.0 Å². The highest BCUT2D eigenvalue weighted by molar-refractivity contribution is 9.10. The summed E-state index contributed by atoms with van der Waals surface area (Å²) in [4.78, 5) is 21.3. The topological polar surface area (TPSA) is 83.3 Å². The Kier molecular flexibility index (Phi) is 4.77. The van der Waals surface area contributed by atoms with Crippen LogP contribution < -0.4 is 0 Å². The van der Waals surface area contributed by atoms with Crippen LogP contribution in [0.3, 0.4) is 0 Å². The van der Waals surface area contributed by atoms with E-state index in [2.05, 4.69) is 25.9 Å². The second kappa shape index (κ2) is 6.45. The molecular formula is C18H21BrN2O3S. The molecule has 2 atom stereocenters. The summed E-state index contributed by atoms with van der Waals surface area (Å²) in [6.45, 7) is 5.81. The molecule has 0 bridgehead atoms. The van der Waals surface area contributed by atoms with Gasteiger partial charge in [0.2, 0.25) is 0 Å². The van der Waals surface area contributed by atoms with Gasteiger partial charge in [0.25, 0.3) is 0 Å². The van der Waals surface area contributed by atoms with Crippen LogP contribution in [0.5, 0.6) is 0 Å². The number of nitrogens with zero attached hydrogens (tertiary/aromatic N) is 2. The molecule has 1 aliphatic rings. The van der Waals surface area contributed by atoms with Crippen LogP contribution in [0.2, 0.25) is 0 Å². The van der Waals surface area contributed by atoms with Gasteiger partial charge in [0.15, 0.2) is 0 Å². The first-order valence-corrected chi connectivity index (χ1v) is 9.78. The average molecular weight is 425 g/mol. The van der Waals surface area contributed by atoms with E-state index in [4.69, 9.17) is 0 Å². The summed E-state index contributed by atoms with van der Waals surface area (Å²) >= 11 is 4.83. The Morgan fingerprint density at radius 1 is 1.40 bits per heavy atom. The van der Waals surface area contributed by atoms with Crippen molar-refractivity contribution in [1.82, 2.24) is 9.97 Å². The zero-order chi connectivity index (χ0) is 18.4. The van der Waals surface area contributed by atoms with Crippen LogP contribution in [-0.4, -0.2) is 26.2 Å². The van der Waals surface area contributed by atoms with Gasteiger partial charge in [-0.2, -0.15) is 0 Å². The molecule has 2 N–H and O–H groups in total. The number of halogens is 1. The number of thiazole rings is 1. The van der Waals surface area contributed by atoms with Crippen LogP contribution in [0.4, 0.5) is 0 Å². The summed E-state index contributed by atoms with van der Waals surface area (Å²) < 4.78 is 0.763. The number of aliphatic hydroxyl groups is 1. The van der Waals surface area contributed by atoms with Crippen LogP contribution >= 0.6 is 27.3 Å². The number of aliphatic carboxylic acids is 1. The first-order valence-electron chi connectivity index (χ1n) is 8.17. The third kappa shape index (κ3) is 3.64. The van der Waals surface area contributed by atoms with Crippen LogP contribution in [0.25, 0.3) is 10.6 Å². The maximum absolute atomic E-state index is 11.5. The molecule has 3 rings (SSSR count). The fraction of sp³-hybridized carbons (Fsp3) is 0.500. The molecule has 0 spiro atoms. The first kappa shape index (κ1) is 18.5. The Hall–Kier alpha value is -1.31. The maximum Gasteiger partial charge on any atom is 0.307 e. The highest BCUT2D eigenvalue weighted by Gasteiger charge is 2.49. The Morgan fingerprint density at radius 3 is 2.72 bits per heavy atom. The summed E-state index contributed by atoms with van der Waals surface area (Å²) in [6, 6.07) is 3.92. The van der Waals surface area contributed by atoms with Crippen molar-refractivity contribution in [3.05, 3.63) is 33.5 Å². The second-order valence-corrected chi connectivity index (χ2v) is 9.35. The van der Waals surface area contributed by atoms with E-state index in [1.54, 1.807) is 6.20 Å². The zero-order valence-corrected chi connectivity index (χ0v) is 16.8. The minimum Gasteiger partial charge on any atom is -0.481 e. The van der Waals surface area contributed by atoms with Crippen LogP contribution in [0.1, 0.15) is 43.7 Å². The minimum absolute atomic E-state index is 0.384. The summed E-state index contributed by atoms with van der Waals surface area (Å²) in [6.07, 6.45) is 2.98. The van der Waals surface area contributed by atoms with E-state index in [1.807, 2.05) is 32.9 Å². The van der Waals surface area contributed by atoms with E-state index in [9.17, 15) is 15.0 Å². The van der Waals surface area contributed by atoms with Crippen LogP contribution in [0.15, 0.2) is 22.9 Å². The Labute approximate surface area is 159 Å². The Balaban J connectivity index is 1.90. The van der Waals surface area contributed by atoms with Crippen molar-refractivity contribution in [1.29, 1.82) is 0 Å². The predicted molar refractivity (Wildman–Crippen MR) is 100 cm³/mol. The lowest BCUT2D eigenvalue weighted by molar-refractivity contribution is -0.154. The van der Waals surface area contributed by atoms with Gasteiger partial charge in [-0.25, -0.2) is 9.97 Å². The van der Waals surface area contributed by atoms with Gasteiger partial charge in [-0.05, 0) is 65.2 Å². The predicted octanol–water partition coefficient (Wildman–Crippen LogP) is 4.37.